The van der Waals surface area contributed by atoms with Gasteiger partial charge >= 0.3 is 5.97 Å². The van der Waals surface area contributed by atoms with E-state index in [1.165, 1.54) is 32.9 Å². The van der Waals surface area contributed by atoms with E-state index in [4.69, 9.17) is 30.5 Å². The van der Waals surface area contributed by atoms with Crippen LogP contribution in [-0.2, 0) is 37.4 Å². The molecule has 0 saturated carbocycles. The van der Waals surface area contributed by atoms with Crippen molar-refractivity contribution in [2.45, 2.75) is 51.4 Å². The first-order valence-corrected chi connectivity index (χ1v) is 12.5. The molecule has 1 aromatic heterocycles. The van der Waals surface area contributed by atoms with Gasteiger partial charge in [-0.1, -0.05) is 11.6 Å². The molecule has 0 aliphatic carbocycles. The summed E-state index contributed by atoms with van der Waals surface area (Å²) in [6, 6.07) is 11.8. The van der Waals surface area contributed by atoms with Gasteiger partial charge in [-0.25, -0.2) is 0 Å². The van der Waals surface area contributed by atoms with Crippen LogP contribution in [0.1, 0.15) is 38.2 Å². The van der Waals surface area contributed by atoms with E-state index in [0.717, 1.165) is 5.69 Å². The Hall–Kier alpha value is -3.74. The lowest BCUT2D eigenvalue weighted by molar-refractivity contribution is -0.243. The van der Waals surface area contributed by atoms with E-state index in [1.54, 1.807) is 44.3 Å². The minimum absolute atomic E-state index is 0.183. The fourth-order valence-electron chi connectivity index (χ4n) is 4.88. The number of rotatable bonds is 9. The van der Waals surface area contributed by atoms with Crippen LogP contribution in [-0.4, -0.2) is 64.3 Å². The number of methoxy groups -OCH3 is 2. The molecule has 0 saturated heterocycles. The molecule has 0 spiro atoms. The molecule has 3 aromatic rings. The topological polar surface area (TPSA) is 130 Å². The molecular weight excluding hydrogens is 528 g/mol. The summed E-state index contributed by atoms with van der Waals surface area (Å²) in [5.41, 5.74) is 0.627. The number of nitrogens with one attached hydrogen (secondary N) is 1. The van der Waals surface area contributed by atoms with E-state index in [9.17, 15) is 9.59 Å². The Morgan fingerprint density at radius 1 is 1.18 bits per heavy atom. The molecule has 2 heterocycles. The number of benzene rings is 2. The predicted molar refractivity (Wildman–Crippen MR) is 142 cm³/mol. The van der Waals surface area contributed by atoms with Gasteiger partial charge in [0.05, 0.1) is 19.6 Å². The fourth-order valence-corrected chi connectivity index (χ4v) is 5.01. The highest BCUT2D eigenvalue weighted by molar-refractivity contribution is 6.30. The molecule has 2 aromatic carbocycles. The smallest absolute Gasteiger partial charge is 0.303 e. The number of carbonyl (C=O) groups excluding carboxylic acids is 2. The summed E-state index contributed by atoms with van der Waals surface area (Å²) in [5, 5.41) is 15.9. The van der Waals surface area contributed by atoms with Gasteiger partial charge in [0.25, 0.3) is 0 Å². The average Bonchev–Trinajstić information content (AvgIpc) is 3.29. The molecule has 0 radical (unpaired) electrons. The third kappa shape index (κ3) is 5.97. The number of amides is 1. The molecule has 1 N–H and O–H groups in total. The molecule has 1 aliphatic rings. The molecule has 1 amide bonds. The van der Waals surface area contributed by atoms with Gasteiger partial charge in [0.1, 0.15) is 5.75 Å². The Morgan fingerprint density at radius 3 is 2.44 bits per heavy atom. The van der Waals surface area contributed by atoms with E-state index >= 15 is 0 Å². The molecule has 12 nitrogen and oxygen atoms in total. The highest BCUT2D eigenvalue weighted by Crippen LogP contribution is 2.48. The van der Waals surface area contributed by atoms with Crippen LogP contribution in [0.4, 0.5) is 11.4 Å². The molecule has 4 rings (SSSR count). The summed E-state index contributed by atoms with van der Waals surface area (Å²) < 4.78 is 23.8. The van der Waals surface area contributed by atoms with Crippen molar-refractivity contribution in [3.05, 3.63) is 58.9 Å². The molecule has 3 atom stereocenters. The van der Waals surface area contributed by atoms with Crippen LogP contribution in [0.2, 0.25) is 5.02 Å². The van der Waals surface area contributed by atoms with Gasteiger partial charge in [0.2, 0.25) is 12.2 Å². The SMILES string of the molecule is COC(OC)[C@@]1(C)Oc2ccc(NC(C)=O)cc2[C@@H](N(Cc2nnn(C)n2)c2ccc(Cl)cc2)[C@@H]1OC(C)=O. The van der Waals surface area contributed by atoms with Gasteiger partial charge in [-0.15, -0.1) is 10.2 Å². The first-order chi connectivity index (χ1) is 18.5. The van der Waals surface area contributed by atoms with Crippen molar-refractivity contribution >= 4 is 34.9 Å². The van der Waals surface area contributed by atoms with Gasteiger partial charge < -0.3 is 29.2 Å². The van der Waals surface area contributed by atoms with Crippen LogP contribution < -0.4 is 15.0 Å². The minimum Gasteiger partial charge on any atom is -0.478 e. The lowest BCUT2D eigenvalue weighted by atomic mass is 9.82. The number of hydrogen-bond donors (Lipinski definition) is 1. The number of esters is 1. The van der Waals surface area contributed by atoms with Crippen LogP contribution in [0.3, 0.4) is 0 Å². The number of anilines is 2. The summed E-state index contributed by atoms with van der Waals surface area (Å²) in [6.45, 7) is 4.69. The largest absolute Gasteiger partial charge is 0.478 e. The number of aryl methyl sites for hydroxylation is 1. The zero-order valence-electron chi connectivity index (χ0n) is 22.5. The maximum absolute atomic E-state index is 12.5. The number of carbonyl (C=O) groups is 2. The Morgan fingerprint density at radius 2 is 1.87 bits per heavy atom. The number of ether oxygens (including phenoxy) is 4. The Balaban J connectivity index is 1.98. The zero-order valence-corrected chi connectivity index (χ0v) is 23.3. The van der Waals surface area contributed by atoms with Gasteiger partial charge in [0.15, 0.2) is 17.5 Å². The molecule has 0 unspecified atom stereocenters. The standard InChI is InChI=1S/C26H31ClN6O6/c1-15(34)28-18-9-12-21-20(13-18)23(24(38-16(2)35)26(3,39-21)25(36-5)37-6)33(14-22-29-31-32(4)30-22)19-10-7-17(27)8-11-19/h7-13,23-25H,14H2,1-6H3,(H,28,34)/t23-,24+,26+/m1/s1. The van der Waals surface area contributed by atoms with Crippen molar-refractivity contribution in [2.75, 3.05) is 24.4 Å². The second-order valence-corrected chi connectivity index (χ2v) is 9.73. The molecule has 1 aliphatic heterocycles. The minimum atomic E-state index is -1.30. The summed E-state index contributed by atoms with van der Waals surface area (Å²) in [4.78, 5) is 27.8. The van der Waals surface area contributed by atoms with E-state index < -0.39 is 30.0 Å². The van der Waals surface area contributed by atoms with E-state index in [1.807, 2.05) is 17.0 Å². The summed E-state index contributed by atoms with van der Waals surface area (Å²) >= 11 is 6.22. The maximum atomic E-state index is 12.5. The monoisotopic (exact) mass is 558 g/mol. The van der Waals surface area contributed by atoms with E-state index in [0.29, 0.717) is 27.8 Å². The van der Waals surface area contributed by atoms with E-state index in [-0.39, 0.29) is 12.5 Å². The van der Waals surface area contributed by atoms with Crippen LogP contribution >= 0.6 is 11.6 Å². The average molecular weight is 559 g/mol. The van der Waals surface area contributed by atoms with Crippen LogP contribution in [0.5, 0.6) is 5.75 Å². The van der Waals surface area contributed by atoms with Crippen molar-refractivity contribution in [3.8, 4) is 5.75 Å². The van der Waals surface area contributed by atoms with Crippen molar-refractivity contribution < 1.29 is 28.5 Å². The quantitative estimate of drug-likeness (QED) is 0.308. The number of tetrazole rings is 1. The van der Waals surface area contributed by atoms with Crippen LogP contribution in [0.15, 0.2) is 42.5 Å². The van der Waals surface area contributed by atoms with Gasteiger partial charge in [-0.05, 0) is 54.6 Å². The normalized spacial score (nSPS) is 20.2. The number of halogens is 1. The van der Waals surface area contributed by atoms with Crippen LogP contribution in [0, 0.1) is 0 Å². The van der Waals surface area contributed by atoms with Gasteiger partial charge in [-0.3, -0.25) is 9.59 Å². The summed E-state index contributed by atoms with van der Waals surface area (Å²) in [5.74, 6) is 0.157. The number of nitrogens with zero attached hydrogens (tertiary/aromatic N) is 5. The maximum Gasteiger partial charge on any atom is 0.303 e. The summed E-state index contributed by atoms with van der Waals surface area (Å²) in [6.07, 6.45) is -1.89. The molecule has 0 fully saturated rings. The van der Waals surface area contributed by atoms with E-state index in [2.05, 4.69) is 20.7 Å². The van der Waals surface area contributed by atoms with Gasteiger partial charge in [-0.2, -0.15) is 4.80 Å². The third-order valence-electron chi connectivity index (χ3n) is 6.38. The summed E-state index contributed by atoms with van der Waals surface area (Å²) in [7, 11) is 4.64. The molecule has 13 heteroatoms. The molecule has 39 heavy (non-hydrogen) atoms. The number of fused-ring (bicyclic) bond motifs is 1. The van der Waals surface area contributed by atoms with Crippen LogP contribution in [0.25, 0.3) is 0 Å². The van der Waals surface area contributed by atoms with Crippen molar-refractivity contribution in [1.82, 2.24) is 20.2 Å². The fraction of sp³-hybridized carbons (Fsp3) is 0.423. The second kappa shape index (κ2) is 11.6. The number of aromatic nitrogens is 4. The zero-order chi connectivity index (χ0) is 28.3. The molecular formula is C26H31ClN6O6. The lowest BCUT2D eigenvalue weighted by Gasteiger charge is -2.51. The van der Waals surface area contributed by atoms with Gasteiger partial charge in [0, 0.05) is 50.0 Å². The first kappa shape index (κ1) is 28.3. The van der Waals surface area contributed by atoms with Crippen molar-refractivity contribution in [1.29, 1.82) is 0 Å². The Bertz CT molecular complexity index is 1330. The molecule has 0 bridgehead atoms. The Labute approximate surface area is 231 Å². The highest BCUT2D eigenvalue weighted by Gasteiger charge is 2.56. The van der Waals surface area contributed by atoms with Crippen molar-refractivity contribution in [3.63, 3.8) is 0 Å². The first-order valence-electron chi connectivity index (χ1n) is 12.1. The Kier molecular flexibility index (Phi) is 8.38. The second-order valence-electron chi connectivity index (χ2n) is 9.30. The lowest BCUT2D eigenvalue weighted by Crippen LogP contribution is -2.63. The van der Waals surface area contributed by atoms with Crippen molar-refractivity contribution in [2.24, 2.45) is 7.05 Å². The number of hydrogen-bond acceptors (Lipinski definition) is 10. The molecule has 208 valence electrons. The third-order valence-corrected chi connectivity index (χ3v) is 6.63. The highest BCUT2D eigenvalue weighted by atomic mass is 35.5. The predicted octanol–water partition coefficient (Wildman–Crippen LogP) is 3.27.